The third kappa shape index (κ3) is 2.77. The normalized spacial score (nSPS) is 12.9. The number of alkyl halides is 3. The predicted molar refractivity (Wildman–Crippen MR) is 83.4 cm³/mol. The summed E-state index contributed by atoms with van der Waals surface area (Å²) in [6.45, 7) is 1.50. The molecule has 0 saturated heterocycles. The topological polar surface area (TPSA) is 82.7 Å². The van der Waals surface area contributed by atoms with E-state index in [2.05, 4.69) is 15.0 Å². The van der Waals surface area contributed by atoms with Gasteiger partial charge in [0.15, 0.2) is 26.3 Å². The maximum atomic E-state index is 12.8. The molecule has 0 aromatic carbocycles. The molecule has 3 aromatic rings. The highest BCUT2D eigenvalue weighted by molar-refractivity contribution is 7.91. The fraction of sp³-hybridized carbons (Fsp3) is 0.357. The summed E-state index contributed by atoms with van der Waals surface area (Å²) in [4.78, 5) is 12.0. The van der Waals surface area contributed by atoms with Crippen molar-refractivity contribution in [2.75, 3.05) is 5.75 Å². The number of sulfone groups is 1. The fourth-order valence-corrected chi connectivity index (χ4v) is 3.72. The monoisotopic (exact) mass is 373 g/mol. The summed E-state index contributed by atoms with van der Waals surface area (Å²) in [6.07, 6.45) is -2.50. The number of aromatic nitrogens is 5. The Morgan fingerprint density at radius 3 is 2.48 bits per heavy atom. The van der Waals surface area contributed by atoms with Gasteiger partial charge in [-0.15, -0.1) is 0 Å². The average Bonchev–Trinajstić information content (AvgIpc) is 3.07. The largest absolute Gasteiger partial charge is 0.417 e. The van der Waals surface area contributed by atoms with Crippen LogP contribution in [0.4, 0.5) is 13.2 Å². The summed E-state index contributed by atoms with van der Waals surface area (Å²) >= 11 is 0. The zero-order valence-electron chi connectivity index (χ0n) is 13.5. The molecule has 3 aromatic heterocycles. The quantitative estimate of drug-likeness (QED) is 0.703. The van der Waals surface area contributed by atoms with Crippen LogP contribution in [-0.4, -0.2) is 38.3 Å². The molecule has 0 bridgehead atoms. The average molecular weight is 373 g/mol. The van der Waals surface area contributed by atoms with Crippen molar-refractivity contribution in [1.82, 2.24) is 24.1 Å². The first-order chi connectivity index (χ1) is 11.6. The Bertz CT molecular complexity index is 1070. The van der Waals surface area contributed by atoms with Crippen LogP contribution < -0.4 is 0 Å². The number of imidazole rings is 2. The highest BCUT2D eigenvalue weighted by Crippen LogP contribution is 2.32. The second-order valence-electron chi connectivity index (χ2n) is 5.47. The molecular weight excluding hydrogens is 359 g/mol. The lowest BCUT2D eigenvalue weighted by Crippen LogP contribution is -2.11. The van der Waals surface area contributed by atoms with Crippen molar-refractivity contribution in [3.8, 4) is 11.5 Å². The molecule has 0 aliphatic heterocycles. The van der Waals surface area contributed by atoms with E-state index in [0.29, 0.717) is 0 Å². The number of halogens is 3. The van der Waals surface area contributed by atoms with Gasteiger partial charge in [0.1, 0.15) is 11.2 Å². The molecule has 0 N–H and O–H groups in total. The van der Waals surface area contributed by atoms with Crippen molar-refractivity contribution >= 4 is 21.0 Å². The van der Waals surface area contributed by atoms with Crippen LogP contribution in [0.15, 0.2) is 23.6 Å². The summed E-state index contributed by atoms with van der Waals surface area (Å²) in [7, 11) is -0.530. The Kier molecular flexibility index (Phi) is 3.86. The first-order valence-electron chi connectivity index (χ1n) is 7.20. The predicted octanol–water partition coefficient (Wildman–Crippen LogP) is 2.18. The fourth-order valence-electron chi connectivity index (χ4n) is 2.52. The van der Waals surface area contributed by atoms with Crippen LogP contribution in [-0.2, 0) is 30.1 Å². The van der Waals surface area contributed by atoms with E-state index in [-0.39, 0.29) is 33.5 Å². The first kappa shape index (κ1) is 17.4. The zero-order valence-corrected chi connectivity index (χ0v) is 14.4. The molecule has 0 radical (unpaired) electrons. The van der Waals surface area contributed by atoms with Gasteiger partial charge < -0.3 is 9.13 Å². The Hall–Kier alpha value is -2.43. The summed E-state index contributed by atoms with van der Waals surface area (Å²) in [6, 6.07) is 0.878. The van der Waals surface area contributed by atoms with Crippen LogP contribution in [0.3, 0.4) is 0 Å². The van der Waals surface area contributed by atoms with E-state index < -0.39 is 21.6 Å². The maximum absolute atomic E-state index is 12.8. The lowest BCUT2D eigenvalue weighted by atomic mass is 10.2. The molecule has 134 valence electrons. The second kappa shape index (κ2) is 5.55. The molecule has 3 rings (SSSR count). The third-order valence-corrected chi connectivity index (χ3v) is 5.64. The molecule has 0 saturated carbocycles. The van der Waals surface area contributed by atoms with Crippen molar-refractivity contribution < 1.29 is 21.6 Å². The van der Waals surface area contributed by atoms with E-state index in [1.54, 1.807) is 7.05 Å². The van der Waals surface area contributed by atoms with Crippen LogP contribution in [0.1, 0.15) is 12.5 Å². The van der Waals surface area contributed by atoms with Crippen molar-refractivity contribution in [1.29, 1.82) is 0 Å². The van der Waals surface area contributed by atoms with Gasteiger partial charge in [-0.25, -0.2) is 23.4 Å². The Balaban J connectivity index is 2.27. The molecule has 0 aliphatic carbocycles. The summed E-state index contributed by atoms with van der Waals surface area (Å²) in [5.74, 6) is -0.00519. The van der Waals surface area contributed by atoms with Crippen LogP contribution in [0.25, 0.3) is 22.7 Å². The number of fused-ring (bicyclic) bond motifs is 1. The van der Waals surface area contributed by atoms with E-state index in [1.165, 1.54) is 29.4 Å². The van der Waals surface area contributed by atoms with E-state index in [4.69, 9.17) is 0 Å². The number of hydrogen-bond acceptors (Lipinski definition) is 5. The highest BCUT2D eigenvalue weighted by Gasteiger charge is 2.32. The SMILES string of the molecule is CCS(=O)(=O)c1c(-c2nc3cc(C(F)(F)F)cnc3n2C)ncn1C. The standard InChI is InChI=1S/C14H14F3N5O2S/c1-4-25(23,24)13-10(19-7-21(13)2)12-20-9-5-8(14(15,16)17)6-18-11(9)22(12)3/h5-7H,4H2,1-3H3. The van der Waals surface area contributed by atoms with Crippen LogP contribution in [0.2, 0.25) is 0 Å². The number of nitrogens with zero attached hydrogens (tertiary/aromatic N) is 5. The van der Waals surface area contributed by atoms with Gasteiger partial charge in [0.25, 0.3) is 0 Å². The molecule has 0 fully saturated rings. The Labute approximate surface area is 141 Å². The van der Waals surface area contributed by atoms with E-state index in [9.17, 15) is 21.6 Å². The van der Waals surface area contributed by atoms with Gasteiger partial charge in [-0.05, 0) is 6.07 Å². The number of aryl methyl sites for hydroxylation is 2. The second-order valence-corrected chi connectivity index (χ2v) is 7.67. The van der Waals surface area contributed by atoms with Gasteiger partial charge in [-0.2, -0.15) is 13.2 Å². The Morgan fingerprint density at radius 2 is 1.88 bits per heavy atom. The molecule has 0 spiro atoms. The molecule has 3 heterocycles. The third-order valence-electron chi connectivity index (χ3n) is 3.81. The summed E-state index contributed by atoms with van der Waals surface area (Å²) in [5.41, 5.74) is -0.628. The van der Waals surface area contributed by atoms with E-state index in [0.717, 1.165) is 12.3 Å². The van der Waals surface area contributed by atoms with Gasteiger partial charge >= 0.3 is 6.18 Å². The highest BCUT2D eigenvalue weighted by atomic mass is 32.2. The minimum absolute atomic E-state index is 0.0119. The maximum Gasteiger partial charge on any atom is 0.417 e. The molecule has 0 atom stereocenters. The van der Waals surface area contributed by atoms with E-state index in [1.807, 2.05) is 0 Å². The van der Waals surface area contributed by atoms with Crippen molar-refractivity contribution in [3.63, 3.8) is 0 Å². The molecule has 7 nitrogen and oxygen atoms in total. The van der Waals surface area contributed by atoms with Gasteiger partial charge in [-0.3, -0.25) is 0 Å². The zero-order chi connectivity index (χ0) is 18.6. The van der Waals surface area contributed by atoms with Crippen molar-refractivity contribution in [2.45, 2.75) is 18.1 Å². The smallest absolute Gasteiger partial charge is 0.324 e. The number of hydrogen-bond donors (Lipinski definition) is 0. The van der Waals surface area contributed by atoms with Crippen molar-refractivity contribution in [3.05, 3.63) is 24.2 Å². The van der Waals surface area contributed by atoms with Crippen molar-refractivity contribution in [2.24, 2.45) is 14.1 Å². The molecule has 11 heteroatoms. The molecule has 0 unspecified atom stereocenters. The molecule has 0 amide bonds. The first-order valence-corrected chi connectivity index (χ1v) is 8.85. The van der Waals surface area contributed by atoms with Crippen LogP contribution >= 0.6 is 0 Å². The molecule has 25 heavy (non-hydrogen) atoms. The van der Waals surface area contributed by atoms with Crippen LogP contribution in [0.5, 0.6) is 0 Å². The Morgan fingerprint density at radius 1 is 1.20 bits per heavy atom. The van der Waals surface area contributed by atoms with Crippen LogP contribution in [0, 0.1) is 0 Å². The summed E-state index contributed by atoms with van der Waals surface area (Å²) in [5, 5.41) is -0.0375. The van der Waals surface area contributed by atoms with Gasteiger partial charge in [0.2, 0.25) is 0 Å². The summed E-state index contributed by atoms with van der Waals surface area (Å²) < 4.78 is 66.0. The van der Waals surface area contributed by atoms with Gasteiger partial charge in [-0.1, -0.05) is 6.92 Å². The van der Waals surface area contributed by atoms with E-state index >= 15 is 0 Å². The molecule has 0 aliphatic rings. The molecular formula is C14H14F3N5O2S. The lowest BCUT2D eigenvalue weighted by molar-refractivity contribution is -0.137. The van der Waals surface area contributed by atoms with Gasteiger partial charge in [0.05, 0.1) is 17.6 Å². The van der Waals surface area contributed by atoms with Gasteiger partial charge in [0, 0.05) is 20.3 Å². The number of pyridine rings is 1. The minimum Gasteiger partial charge on any atom is -0.324 e. The minimum atomic E-state index is -4.54. The lowest BCUT2D eigenvalue weighted by Gasteiger charge is -2.06. The number of rotatable bonds is 3.